The van der Waals surface area contributed by atoms with Crippen LogP contribution in [0.15, 0.2) is 78.9 Å². The van der Waals surface area contributed by atoms with Crippen molar-refractivity contribution in [3.8, 4) is 0 Å². The first-order valence-electron chi connectivity index (χ1n) is 11.8. The molecule has 2 N–H and O–H groups in total. The van der Waals surface area contributed by atoms with Gasteiger partial charge in [0.15, 0.2) is 0 Å². The third-order valence-corrected chi connectivity index (χ3v) is 5.95. The maximum Gasteiger partial charge on any atom is 0.252 e. The number of hydrogen-bond acceptors (Lipinski definition) is 4. The molecule has 1 aliphatic rings. The topological polar surface area (TPSA) is 70.7 Å². The second-order valence-corrected chi connectivity index (χ2v) is 8.85. The van der Waals surface area contributed by atoms with E-state index in [1.54, 1.807) is 42.5 Å². The number of amides is 2. The maximum atomic E-state index is 14.9. The minimum Gasteiger partial charge on any atom is -0.372 e. The number of rotatable bonds is 7. The smallest absolute Gasteiger partial charge is 0.252 e. The largest absolute Gasteiger partial charge is 0.372 e. The van der Waals surface area contributed by atoms with Gasteiger partial charge < -0.3 is 20.3 Å². The predicted molar refractivity (Wildman–Crippen MR) is 134 cm³/mol. The highest BCUT2D eigenvalue weighted by Gasteiger charge is 2.25. The number of hydrogen-bond donors (Lipinski definition) is 2. The van der Waals surface area contributed by atoms with Crippen molar-refractivity contribution in [2.75, 3.05) is 18.0 Å². The number of anilines is 1. The van der Waals surface area contributed by atoms with Gasteiger partial charge in [-0.05, 0) is 49.2 Å². The van der Waals surface area contributed by atoms with Crippen LogP contribution in [0, 0.1) is 5.82 Å². The lowest BCUT2D eigenvalue weighted by molar-refractivity contribution is -0.123. The van der Waals surface area contributed by atoms with E-state index in [1.165, 1.54) is 6.07 Å². The van der Waals surface area contributed by atoms with Gasteiger partial charge in [-0.1, -0.05) is 54.6 Å². The average Bonchev–Trinajstić information content (AvgIpc) is 2.86. The van der Waals surface area contributed by atoms with E-state index in [9.17, 15) is 14.0 Å². The second-order valence-electron chi connectivity index (χ2n) is 8.85. The molecule has 7 heteroatoms. The number of carbonyl (C=O) groups is 2. The van der Waals surface area contributed by atoms with Crippen LogP contribution in [0.25, 0.3) is 0 Å². The number of carbonyl (C=O) groups excluding carboxylic acids is 2. The van der Waals surface area contributed by atoms with Gasteiger partial charge in [0.1, 0.15) is 11.9 Å². The fraction of sp³-hybridized carbons (Fsp3) is 0.286. The van der Waals surface area contributed by atoms with Gasteiger partial charge in [-0.15, -0.1) is 0 Å². The Kier molecular flexibility index (Phi) is 7.77. The van der Waals surface area contributed by atoms with Crippen LogP contribution in [0.1, 0.15) is 41.4 Å². The second kappa shape index (κ2) is 11.1. The van der Waals surface area contributed by atoms with Crippen LogP contribution in [0.3, 0.4) is 0 Å². The van der Waals surface area contributed by atoms with E-state index in [0.717, 1.165) is 0 Å². The van der Waals surface area contributed by atoms with Crippen molar-refractivity contribution in [3.63, 3.8) is 0 Å². The molecule has 0 aliphatic carbocycles. The molecule has 3 unspecified atom stereocenters. The maximum absolute atomic E-state index is 14.9. The molecule has 0 saturated carbocycles. The third-order valence-electron chi connectivity index (χ3n) is 5.95. The van der Waals surface area contributed by atoms with E-state index >= 15 is 0 Å². The lowest BCUT2D eigenvalue weighted by atomic mass is 10.0. The van der Waals surface area contributed by atoms with Crippen LogP contribution in [0.2, 0.25) is 0 Å². The zero-order valence-electron chi connectivity index (χ0n) is 19.9. The summed E-state index contributed by atoms with van der Waals surface area (Å²) in [7, 11) is 0. The molecule has 0 aromatic heterocycles. The molecule has 182 valence electrons. The van der Waals surface area contributed by atoms with Crippen LogP contribution in [-0.4, -0.2) is 37.1 Å². The molecule has 0 spiro atoms. The van der Waals surface area contributed by atoms with Gasteiger partial charge in [0, 0.05) is 25.2 Å². The number of halogens is 1. The van der Waals surface area contributed by atoms with Crippen LogP contribution in [-0.2, 0) is 16.1 Å². The highest BCUT2D eigenvalue weighted by atomic mass is 19.1. The van der Waals surface area contributed by atoms with E-state index in [-0.39, 0.29) is 36.4 Å². The lowest BCUT2D eigenvalue weighted by Gasteiger charge is -2.37. The molecule has 3 aromatic carbocycles. The van der Waals surface area contributed by atoms with Gasteiger partial charge in [0.2, 0.25) is 5.91 Å². The molecule has 1 fully saturated rings. The Morgan fingerprint density at radius 1 is 0.971 bits per heavy atom. The number of nitrogens with one attached hydrogen (secondary N) is 2. The van der Waals surface area contributed by atoms with Crippen molar-refractivity contribution in [1.82, 2.24) is 10.6 Å². The van der Waals surface area contributed by atoms with Crippen LogP contribution < -0.4 is 15.5 Å². The molecule has 0 bridgehead atoms. The number of nitrogens with zero attached hydrogens (tertiary/aromatic N) is 1. The summed E-state index contributed by atoms with van der Waals surface area (Å²) in [5, 5.41) is 5.65. The summed E-state index contributed by atoms with van der Waals surface area (Å²) in [6.45, 7) is 5.33. The summed E-state index contributed by atoms with van der Waals surface area (Å²) >= 11 is 0. The van der Waals surface area contributed by atoms with Gasteiger partial charge in [0.05, 0.1) is 17.9 Å². The van der Waals surface area contributed by atoms with Gasteiger partial charge in [-0.2, -0.15) is 0 Å². The summed E-state index contributed by atoms with van der Waals surface area (Å²) < 4.78 is 20.7. The Labute approximate surface area is 205 Å². The van der Waals surface area contributed by atoms with E-state index in [4.69, 9.17) is 4.74 Å². The van der Waals surface area contributed by atoms with Crippen LogP contribution in [0.5, 0.6) is 0 Å². The molecule has 2 amide bonds. The third kappa shape index (κ3) is 6.25. The van der Waals surface area contributed by atoms with E-state index < -0.39 is 6.04 Å². The van der Waals surface area contributed by atoms with Crippen molar-refractivity contribution in [1.29, 1.82) is 0 Å². The predicted octanol–water partition coefficient (Wildman–Crippen LogP) is 4.23. The average molecular weight is 476 g/mol. The van der Waals surface area contributed by atoms with Crippen molar-refractivity contribution < 1.29 is 18.7 Å². The summed E-state index contributed by atoms with van der Waals surface area (Å²) in [4.78, 5) is 27.8. The standard InChI is InChI=1S/C28H30FN3O3/c1-19-17-32(18-20(2)35-19)25-14-13-21(15-24(25)29)16-30-28(34)26(22-9-5-3-6-10-22)31-27(33)23-11-7-4-8-12-23/h3-15,19-20,26H,16-18H2,1-2H3,(H,30,34)(H,31,33). The van der Waals surface area contributed by atoms with Crippen molar-refractivity contribution in [2.45, 2.75) is 38.6 Å². The molecule has 4 rings (SSSR count). The molecule has 1 heterocycles. The highest BCUT2D eigenvalue weighted by molar-refractivity contribution is 5.97. The zero-order valence-corrected chi connectivity index (χ0v) is 19.9. The molecule has 1 saturated heterocycles. The minimum atomic E-state index is -0.885. The molecule has 3 aromatic rings. The number of morpholine rings is 1. The Bertz CT molecular complexity index is 1150. The molecule has 1 aliphatic heterocycles. The minimum absolute atomic E-state index is 0.0260. The summed E-state index contributed by atoms with van der Waals surface area (Å²) in [5.74, 6) is -1.06. The monoisotopic (exact) mass is 475 g/mol. The molecule has 3 atom stereocenters. The van der Waals surface area contributed by atoms with Gasteiger partial charge >= 0.3 is 0 Å². The Morgan fingerprint density at radius 2 is 1.60 bits per heavy atom. The van der Waals surface area contributed by atoms with Gasteiger partial charge in [-0.25, -0.2) is 4.39 Å². The lowest BCUT2D eigenvalue weighted by Crippen LogP contribution is -2.45. The van der Waals surface area contributed by atoms with Gasteiger partial charge in [-0.3, -0.25) is 9.59 Å². The fourth-order valence-electron chi connectivity index (χ4n) is 4.33. The summed E-state index contributed by atoms with van der Waals surface area (Å²) in [5.41, 5.74) is 2.28. The van der Waals surface area contributed by atoms with Crippen molar-refractivity contribution in [2.24, 2.45) is 0 Å². The van der Waals surface area contributed by atoms with E-state index in [0.29, 0.717) is 35.5 Å². The Hall–Kier alpha value is -3.71. The summed E-state index contributed by atoms with van der Waals surface area (Å²) in [6, 6.07) is 21.9. The van der Waals surface area contributed by atoms with Gasteiger partial charge in [0.25, 0.3) is 5.91 Å². The van der Waals surface area contributed by atoms with Crippen molar-refractivity contribution in [3.05, 3.63) is 101 Å². The number of benzene rings is 3. The van der Waals surface area contributed by atoms with E-state index in [1.807, 2.05) is 49.1 Å². The molecule has 35 heavy (non-hydrogen) atoms. The Morgan fingerprint density at radius 3 is 2.23 bits per heavy atom. The first kappa shape index (κ1) is 24.4. The van der Waals surface area contributed by atoms with E-state index in [2.05, 4.69) is 10.6 Å². The molecular formula is C28H30FN3O3. The first-order chi connectivity index (χ1) is 16.9. The molecule has 6 nitrogen and oxygen atoms in total. The summed E-state index contributed by atoms with van der Waals surface area (Å²) in [6.07, 6.45) is 0.0521. The Balaban J connectivity index is 1.44. The normalized spacial score (nSPS) is 18.5. The van der Waals surface area contributed by atoms with Crippen LogP contribution >= 0.6 is 0 Å². The first-order valence-corrected chi connectivity index (χ1v) is 11.8. The highest BCUT2D eigenvalue weighted by Crippen LogP contribution is 2.24. The van der Waals surface area contributed by atoms with Crippen molar-refractivity contribution >= 4 is 17.5 Å². The van der Waals surface area contributed by atoms with Crippen LogP contribution in [0.4, 0.5) is 10.1 Å². The zero-order chi connectivity index (χ0) is 24.8. The molecular weight excluding hydrogens is 445 g/mol. The fourth-order valence-corrected chi connectivity index (χ4v) is 4.33. The quantitative estimate of drug-likeness (QED) is 0.537. The number of ether oxygens (including phenoxy) is 1. The molecule has 0 radical (unpaired) electrons. The SMILES string of the molecule is CC1CN(c2ccc(CNC(=O)C(NC(=O)c3ccccc3)c3ccccc3)cc2F)CC(C)O1.